The van der Waals surface area contributed by atoms with Gasteiger partial charge in [0.2, 0.25) is 0 Å². The first-order valence-corrected chi connectivity index (χ1v) is 5.54. The van der Waals surface area contributed by atoms with E-state index < -0.39 is 36.7 Å². The van der Waals surface area contributed by atoms with Crippen LogP contribution in [0, 0.1) is 0 Å². The normalized spacial score (nSPS) is 31.1. The third-order valence-electron chi connectivity index (χ3n) is 3.06. The molecule has 4 N–H and O–H groups in total. The molecular weight excluding hydrogens is 258 g/mol. The molecule has 1 aliphatic heterocycles. The summed E-state index contributed by atoms with van der Waals surface area (Å²) < 4.78 is 6.45. The summed E-state index contributed by atoms with van der Waals surface area (Å²) >= 11 is 0. The molecule has 10 heteroatoms. The second-order valence-electron chi connectivity index (χ2n) is 4.20. The maximum Gasteiger partial charge on any atom is 0.294 e. The van der Waals surface area contributed by atoms with Gasteiger partial charge in [0, 0.05) is 0 Å². The summed E-state index contributed by atoms with van der Waals surface area (Å²) in [5.41, 5.74) is -0.207. The molecule has 0 radical (unpaired) electrons. The van der Waals surface area contributed by atoms with Crippen molar-refractivity contribution >= 4 is 11.0 Å². The van der Waals surface area contributed by atoms with E-state index in [0.717, 1.165) is 4.68 Å². The molecule has 0 aliphatic carbocycles. The molecule has 19 heavy (non-hydrogen) atoms. The number of rotatable bonds is 2. The summed E-state index contributed by atoms with van der Waals surface area (Å²) in [6.45, 7) is -0.444. The van der Waals surface area contributed by atoms with Gasteiger partial charge in [-0.2, -0.15) is 5.10 Å². The molecule has 1 fully saturated rings. The van der Waals surface area contributed by atoms with Gasteiger partial charge in [-0.3, -0.25) is 4.79 Å². The number of nitrogens with one attached hydrogen (secondary N) is 1. The van der Waals surface area contributed by atoms with Crippen LogP contribution in [0.25, 0.3) is 11.0 Å². The Hall–Kier alpha value is -1.88. The van der Waals surface area contributed by atoms with Crippen molar-refractivity contribution in [3.8, 4) is 0 Å². The number of ether oxygens (including phenoxy) is 1. The zero-order valence-electron chi connectivity index (χ0n) is 9.54. The Morgan fingerprint density at radius 1 is 1.42 bits per heavy atom. The summed E-state index contributed by atoms with van der Waals surface area (Å²) in [4.78, 5) is 11.4. The summed E-state index contributed by atoms with van der Waals surface area (Å²) in [5, 5.41) is 41.8. The van der Waals surface area contributed by atoms with Crippen LogP contribution in [0.5, 0.6) is 0 Å². The van der Waals surface area contributed by atoms with Crippen molar-refractivity contribution < 1.29 is 20.1 Å². The lowest BCUT2D eigenvalue weighted by atomic mass is 10.1. The predicted molar refractivity (Wildman–Crippen MR) is 59.0 cm³/mol. The average molecular weight is 269 g/mol. The maximum absolute atomic E-state index is 11.4. The fourth-order valence-corrected chi connectivity index (χ4v) is 2.06. The summed E-state index contributed by atoms with van der Waals surface area (Å²) in [5.74, 6) is 0. The Labute approximate surface area is 105 Å². The largest absolute Gasteiger partial charge is 0.394 e. The maximum atomic E-state index is 11.4. The number of aromatic amines is 1. The number of aliphatic hydroxyl groups excluding tert-OH is 3. The van der Waals surface area contributed by atoms with Gasteiger partial charge in [0.15, 0.2) is 11.7 Å². The number of hydrogen-bond acceptors (Lipinski definition) is 8. The van der Waals surface area contributed by atoms with Crippen LogP contribution in [0.3, 0.4) is 0 Å². The number of aromatic nitrogens is 5. The zero-order valence-corrected chi connectivity index (χ0v) is 9.54. The Kier molecular flexibility index (Phi) is 2.78. The molecule has 2 aromatic heterocycles. The lowest BCUT2D eigenvalue weighted by Gasteiger charge is -2.14. The topological polar surface area (TPSA) is 146 Å². The number of H-pyrrole nitrogens is 1. The smallest absolute Gasteiger partial charge is 0.294 e. The van der Waals surface area contributed by atoms with Crippen molar-refractivity contribution in [1.82, 2.24) is 25.2 Å². The van der Waals surface area contributed by atoms with Gasteiger partial charge < -0.3 is 20.1 Å². The minimum atomic E-state index is -1.29. The van der Waals surface area contributed by atoms with Crippen molar-refractivity contribution in [2.24, 2.45) is 0 Å². The fourth-order valence-electron chi connectivity index (χ4n) is 2.06. The molecular formula is C9H11N5O5. The van der Waals surface area contributed by atoms with Crippen molar-refractivity contribution in [1.29, 1.82) is 0 Å². The molecule has 0 saturated carbocycles. The molecule has 0 aromatic carbocycles. The molecule has 1 saturated heterocycles. The molecule has 0 unspecified atom stereocenters. The fraction of sp³-hybridized carbons (Fsp3) is 0.556. The van der Waals surface area contributed by atoms with Gasteiger partial charge in [-0.05, 0) is 0 Å². The van der Waals surface area contributed by atoms with E-state index in [0.29, 0.717) is 0 Å². The van der Waals surface area contributed by atoms with Crippen molar-refractivity contribution in [3.63, 3.8) is 0 Å². The van der Waals surface area contributed by atoms with E-state index in [1.54, 1.807) is 0 Å². The molecule has 2 aromatic rings. The van der Waals surface area contributed by atoms with E-state index in [1.165, 1.54) is 6.20 Å². The number of aliphatic hydroxyl groups is 3. The predicted octanol–water partition coefficient (Wildman–Crippen LogP) is -2.87. The van der Waals surface area contributed by atoms with Crippen LogP contribution in [0.4, 0.5) is 0 Å². The minimum Gasteiger partial charge on any atom is -0.394 e. The molecule has 3 rings (SSSR count). The van der Waals surface area contributed by atoms with Crippen LogP contribution < -0.4 is 5.56 Å². The second kappa shape index (κ2) is 4.35. The van der Waals surface area contributed by atoms with Gasteiger partial charge in [-0.15, -0.1) is 5.10 Å². The lowest BCUT2D eigenvalue weighted by Crippen LogP contribution is -2.33. The van der Waals surface area contributed by atoms with Crippen LogP contribution in [0.2, 0.25) is 0 Å². The molecule has 10 nitrogen and oxygen atoms in total. The van der Waals surface area contributed by atoms with Gasteiger partial charge in [0.25, 0.3) is 5.56 Å². The van der Waals surface area contributed by atoms with Gasteiger partial charge >= 0.3 is 0 Å². The van der Waals surface area contributed by atoms with Crippen molar-refractivity contribution in [2.75, 3.05) is 6.61 Å². The first kappa shape index (κ1) is 12.2. The van der Waals surface area contributed by atoms with Gasteiger partial charge in [0.05, 0.1) is 12.8 Å². The van der Waals surface area contributed by atoms with E-state index >= 15 is 0 Å². The molecule has 0 bridgehead atoms. The number of nitrogens with zero attached hydrogens (tertiary/aromatic N) is 4. The van der Waals surface area contributed by atoms with Gasteiger partial charge in [-0.1, -0.05) is 5.21 Å². The van der Waals surface area contributed by atoms with Crippen LogP contribution in [0.1, 0.15) is 6.23 Å². The quantitative estimate of drug-likeness (QED) is 0.455. The molecule has 0 amide bonds. The monoisotopic (exact) mass is 269 g/mol. The van der Waals surface area contributed by atoms with Crippen LogP contribution in [-0.4, -0.2) is 65.4 Å². The third kappa shape index (κ3) is 1.73. The highest BCUT2D eigenvalue weighted by Crippen LogP contribution is 2.29. The van der Waals surface area contributed by atoms with Crippen LogP contribution in [0.15, 0.2) is 11.0 Å². The highest BCUT2D eigenvalue weighted by Gasteiger charge is 2.44. The standard InChI is InChI=1S/C9H11N5O5/c15-2-4-6(16)7(17)9(19-4)14-3-1-10-12-8(18)5(3)11-13-14/h1,4,6-7,9,15-17H,2H2,(H,12,18)/t4-,6-,7-,9-/m1/s1. The van der Waals surface area contributed by atoms with Crippen LogP contribution >= 0.6 is 0 Å². The van der Waals surface area contributed by atoms with E-state index in [-0.39, 0.29) is 11.0 Å². The van der Waals surface area contributed by atoms with Crippen molar-refractivity contribution in [3.05, 3.63) is 16.6 Å². The molecule has 0 spiro atoms. The highest BCUT2D eigenvalue weighted by atomic mass is 16.6. The zero-order chi connectivity index (χ0) is 13.6. The van der Waals surface area contributed by atoms with E-state index in [1.807, 2.05) is 0 Å². The van der Waals surface area contributed by atoms with Crippen molar-refractivity contribution in [2.45, 2.75) is 24.5 Å². The van der Waals surface area contributed by atoms with Gasteiger partial charge in [-0.25, -0.2) is 9.78 Å². The lowest BCUT2D eigenvalue weighted by molar-refractivity contribution is -0.0572. The van der Waals surface area contributed by atoms with Gasteiger partial charge in [0.1, 0.15) is 23.8 Å². The minimum absolute atomic E-state index is 0.0488. The number of hydrogen-bond donors (Lipinski definition) is 4. The summed E-state index contributed by atoms with van der Waals surface area (Å²) in [6, 6.07) is 0. The van der Waals surface area contributed by atoms with Crippen LogP contribution in [-0.2, 0) is 4.74 Å². The molecule has 1 aliphatic rings. The second-order valence-corrected chi connectivity index (χ2v) is 4.20. The summed E-state index contributed by atoms with van der Waals surface area (Å²) in [6.07, 6.45) is -3.19. The van der Waals surface area contributed by atoms with E-state index in [9.17, 15) is 15.0 Å². The first-order valence-electron chi connectivity index (χ1n) is 5.54. The first-order chi connectivity index (χ1) is 9.13. The number of fused-ring (bicyclic) bond motifs is 1. The molecule has 4 atom stereocenters. The Morgan fingerprint density at radius 2 is 2.21 bits per heavy atom. The molecule has 3 heterocycles. The third-order valence-corrected chi connectivity index (χ3v) is 3.06. The molecule has 102 valence electrons. The highest BCUT2D eigenvalue weighted by molar-refractivity contribution is 5.71. The summed E-state index contributed by atoms with van der Waals surface area (Å²) in [7, 11) is 0. The Balaban J connectivity index is 2.06. The SMILES string of the molecule is O=c1[nH]ncc2c1nnn2[C@@H]1O[C@H](CO)[C@@H](O)[C@H]1O. The Bertz CT molecular complexity index is 654. The average Bonchev–Trinajstić information content (AvgIpc) is 2.94. The Morgan fingerprint density at radius 3 is 2.89 bits per heavy atom. The van der Waals surface area contributed by atoms with E-state index in [4.69, 9.17) is 9.84 Å². The van der Waals surface area contributed by atoms with E-state index in [2.05, 4.69) is 20.5 Å².